The van der Waals surface area contributed by atoms with Crippen molar-refractivity contribution in [1.29, 1.82) is 0 Å². The van der Waals surface area contributed by atoms with Crippen LogP contribution in [-0.2, 0) is 0 Å². The molecule has 0 unspecified atom stereocenters. The number of aromatic nitrogens is 2. The number of nitrogens with zero attached hydrogens (tertiary/aromatic N) is 4. The number of hydrogen-bond acceptors (Lipinski definition) is 8. The Hall–Kier alpha value is -3.81. The number of anilines is 3. The standard InChI is InChI=1S/C21H23N7O/c1-11(2)28(3)18-10-15(26-21(24)27-18)12-8-13(22)19-17(9-12)29-16-7-5-4-6-14(16)25-20(19)23/h4-11H,22H2,1-3H3,(H2,23,25)(H2,24,26,27). The van der Waals surface area contributed by atoms with Gasteiger partial charge in [0.15, 0.2) is 5.75 Å². The SMILES string of the molecule is CC(C)N(C)c1cc(-c2cc(N)c3c(c2)Oc2ccccc2N=C3N)nc(N)n1. The summed E-state index contributed by atoms with van der Waals surface area (Å²) in [5.74, 6) is 2.33. The molecule has 4 rings (SSSR count). The fraction of sp³-hybridized carbons (Fsp3) is 0.190. The molecule has 0 radical (unpaired) electrons. The molecule has 3 aromatic rings. The van der Waals surface area contributed by atoms with E-state index in [4.69, 9.17) is 21.9 Å². The van der Waals surface area contributed by atoms with Crippen molar-refractivity contribution in [2.45, 2.75) is 19.9 Å². The van der Waals surface area contributed by atoms with Gasteiger partial charge >= 0.3 is 0 Å². The van der Waals surface area contributed by atoms with Crippen molar-refractivity contribution < 1.29 is 4.74 Å². The lowest BCUT2D eigenvalue weighted by atomic mass is 10.0. The molecule has 0 aliphatic carbocycles. The zero-order chi connectivity index (χ0) is 20.7. The van der Waals surface area contributed by atoms with Crippen LogP contribution in [0.25, 0.3) is 11.3 Å². The Kier molecular flexibility index (Phi) is 4.46. The smallest absolute Gasteiger partial charge is 0.222 e. The van der Waals surface area contributed by atoms with Gasteiger partial charge in [-0.3, -0.25) is 0 Å². The molecule has 1 aliphatic rings. The molecule has 6 N–H and O–H groups in total. The largest absolute Gasteiger partial charge is 0.454 e. The highest BCUT2D eigenvalue weighted by Gasteiger charge is 2.21. The molecule has 2 aromatic carbocycles. The Morgan fingerprint density at radius 1 is 0.966 bits per heavy atom. The monoisotopic (exact) mass is 389 g/mol. The molecular formula is C21H23N7O. The van der Waals surface area contributed by atoms with E-state index in [1.54, 1.807) is 6.07 Å². The Bertz CT molecular complexity index is 1120. The van der Waals surface area contributed by atoms with Gasteiger partial charge in [0, 0.05) is 30.4 Å². The number of aliphatic imine (C=N–C) groups is 1. The van der Waals surface area contributed by atoms with Gasteiger partial charge in [0.25, 0.3) is 0 Å². The highest BCUT2D eigenvalue weighted by molar-refractivity contribution is 6.07. The summed E-state index contributed by atoms with van der Waals surface area (Å²) in [4.78, 5) is 15.2. The maximum Gasteiger partial charge on any atom is 0.222 e. The Morgan fingerprint density at radius 3 is 2.48 bits per heavy atom. The van der Waals surface area contributed by atoms with E-state index >= 15 is 0 Å². The van der Waals surface area contributed by atoms with Gasteiger partial charge in [0.05, 0.1) is 11.3 Å². The molecule has 1 aliphatic heterocycles. The fourth-order valence-corrected chi connectivity index (χ4v) is 3.13. The number of para-hydroxylation sites is 2. The van der Waals surface area contributed by atoms with Gasteiger partial charge in [0.1, 0.15) is 23.1 Å². The van der Waals surface area contributed by atoms with Crippen LogP contribution in [-0.4, -0.2) is 28.9 Å². The van der Waals surface area contributed by atoms with Crippen molar-refractivity contribution in [3.05, 3.63) is 48.0 Å². The summed E-state index contributed by atoms with van der Waals surface area (Å²) >= 11 is 0. The molecule has 148 valence electrons. The summed E-state index contributed by atoms with van der Waals surface area (Å²) < 4.78 is 6.10. The average Bonchev–Trinajstić information content (AvgIpc) is 2.82. The van der Waals surface area contributed by atoms with Gasteiger partial charge in [-0.05, 0) is 38.1 Å². The van der Waals surface area contributed by atoms with Crippen molar-refractivity contribution in [1.82, 2.24) is 9.97 Å². The molecule has 0 saturated heterocycles. The summed E-state index contributed by atoms with van der Waals surface area (Å²) in [5.41, 5.74) is 21.6. The summed E-state index contributed by atoms with van der Waals surface area (Å²) in [5, 5.41) is 0. The van der Waals surface area contributed by atoms with Crippen molar-refractivity contribution in [2.24, 2.45) is 10.7 Å². The minimum absolute atomic E-state index is 0.186. The molecule has 0 amide bonds. The Labute approximate surface area is 169 Å². The van der Waals surface area contributed by atoms with E-state index in [2.05, 4.69) is 28.8 Å². The maximum absolute atomic E-state index is 6.33. The number of ether oxygens (including phenoxy) is 1. The molecule has 8 nitrogen and oxygen atoms in total. The van der Waals surface area contributed by atoms with Crippen molar-refractivity contribution in [3.8, 4) is 22.8 Å². The molecule has 8 heteroatoms. The van der Waals surface area contributed by atoms with Crippen molar-refractivity contribution in [2.75, 3.05) is 23.4 Å². The fourth-order valence-electron chi connectivity index (χ4n) is 3.13. The number of benzene rings is 2. The molecule has 29 heavy (non-hydrogen) atoms. The van der Waals surface area contributed by atoms with E-state index in [0.717, 1.165) is 11.4 Å². The predicted molar refractivity (Wildman–Crippen MR) is 117 cm³/mol. The first-order valence-corrected chi connectivity index (χ1v) is 9.26. The molecule has 2 heterocycles. The first-order valence-electron chi connectivity index (χ1n) is 9.26. The summed E-state index contributed by atoms with van der Waals surface area (Å²) in [6.45, 7) is 4.15. The second-order valence-corrected chi connectivity index (χ2v) is 7.18. The topological polar surface area (TPSA) is 129 Å². The number of nitrogen functional groups attached to an aromatic ring is 2. The van der Waals surface area contributed by atoms with Crippen LogP contribution in [0.5, 0.6) is 11.5 Å². The van der Waals surface area contributed by atoms with Crippen LogP contribution in [0, 0.1) is 0 Å². The minimum Gasteiger partial charge on any atom is -0.454 e. The molecule has 0 atom stereocenters. The van der Waals surface area contributed by atoms with Gasteiger partial charge in [-0.2, -0.15) is 4.98 Å². The second-order valence-electron chi connectivity index (χ2n) is 7.18. The molecule has 0 fully saturated rings. The lowest BCUT2D eigenvalue weighted by molar-refractivity contribution is 0.485. The van der Waals surface area contributed by atoms with Crippen LogP contribution in [0.4, 0.5) is 23.1 Å². The lowest BCUT2D eigenvalue weighted by Gasteiger charge is -2.23. The van der Waals surface area contributed by atoms with Gasteiger partial charge in [-0.1, -0.05) is 12.1 Å². The Balaban J connectivity index is 1.85. The van der Waals surface area contributed by atoms with Crippen LogP contribution in [0.2, 0.25) is 0 Å². The average molecular weight is 389 g/mol. The maximum atomic E-state index is 6.33. The third-order valence-corrected chi connectivity index (χ3v) is 4.88. The Morgan fingerprint density at radius 2 is 1.72 bits per heavy atom. The number of hydrogen-bond donors (Lipinski definition) is 3. The van der Waals surface area contributed by atoms with Gasteiger partial charge in [0.2, 0.25) is 5.95 Å². The van der Waals surface area contributed by atoms with Crippen LogP contribution < -0.4 is 26.8 Å². The number of nitrogens with two attached hydrogens (primary N) is 3. The quantitative estimate of drug-likeness (QED) is 0.586. The number of rotatable bonds is 3. The second kappa shape index (κ2) is 6.97. The zero-order valence-electron chi connectivity index (χ0n) is 16.5. The normalized spacial score (nSPS) is 12.5. The van der Waals surface area contributed by atoms with Gasteiger partial charge < -0.3 is 26.8 Å². The van der Waals surface area contributed by atoms with Crippen LogP contribution in [0.1, 0.15) is 19.4 Å². The summed E-state index contributed by atoms with van der Waals surface area (Å²) in [7, 11) is 1.96. The van der Waals surface area contributed by atoms with E-state index in [1.807, 2.05) is 48.3 Å². The van der Waals surface area contributed by atoms with E-state index < -0.39 is 0 Å². The van der Waals surface area contributed by atoms with E-state index in [1.165, 1.54) is 0 Å². The third kappa shape index (κ3) is 3.40. The molecule has 0 spiro atoms. The highest BCUT2D eigenvalue weighted by atomic mass is 16.5. The highest BCUT2D eigenvalue weighted by Crippen LogP contribution is 2.41. The van der Waals surface area contributed by atoms with Crippen molar-refractivity contribution >= 4 is 29.0 Å². The molecule has 0 bridgehead atoms. The van der Waals surface area contributed by atoms with Crippen LogP contribution >= 0.6 is 0 Å². The minimum atomic E-state index is 0.186. The number of amidine groups is 1. The molecule has 0 saturated carbocycles. The summed E-state index contributed by atoms with van der Waals surface area (Å²) in [6, 6.07) is 13.2. The summed E-state index contributed by atoms with van der Waals surface area (Å²) in [6.07, 6.45) is 0. The van der Waals surface area contributed by atoms with Crippen LogP contribution in [0.3, 0.4) is 0 Å². The first-order chi connectivity index (χ1) is 13.8. The third-order valence-electron chi connectivity index (χ3n) is 4.88. The van der Waals surface area contributed by atoms with E-state index in [9.17, 15) is 0 Å². The van der Waals surface area contributed by atoms with Crippen molar-refractivity contribution in [3.63, 3.8) is 0 Å². The number of fused-ring (bicyclic) bond motifs is 2. The molecular weight excluding hydrogens is 366 g/mol. The predicted octanol–water partition coefficient (Wildman–Crippen LogP) is 3.30. The lowest BCUT2D eigenvalue weighted by Crippen LogP contribution is -2.27. The van der Waals surface area contributed by atoms with E-state index in [0.29, 0.717) is 40.0 Å². The van der Waals surface area contributed by atoms with E-state index in [-0.39, 0.29) is 12.0 Å². The molecule has 1 aromatic heterocycles. The first kappa shape index (κ1) is 18.5. The van der Waals surface area contributed by atoms with Gasteiger partial charge in [-0.15, -0.1) is 0 Å². The van der Waals surface area contributed by atoms with Gasteiger partial charge in [-0.25, -0.2) is 9.98 Å². The zero-order valence-corrected chi connectivity index (χ0v) is 16.5. The van der Waals surface area contributed by atoms with Crippen LogP contribution in [0.15, 0.2) is 47.5 Å².